The molecule has 0 amide bonds. The van der Waals surface area contributed by atoms with Crippen LogP contribution in [0.2, 0.25) is 0 Å². The van der Waals surface area contributed by atoms with E-state index in [1.165, 1.54) is 0 Å². The highest BCUT2D eigenvalue weighted by Gasteiger charge is 2.80. The lowest BCUT2D eigenvalue weighted by molar-refractivity contribution is -0.302. The van der Waals surface area contributed by atoms with Crippen molar-refractivity contribution in [1.82, 2.24) is 0 Å². The number of hydrogen-bond acceptors (Lipinski definition) is 6. The van der Waals surface area contributed by atoms with E-state index in [1.807, 2.05) is 0 Å². The second-order valence-corrected chi connectivity index (χ2v) is 9.91. The van der Waals surface area contributed by atoms with Crippen LogP contribution in [0, 0.1) is 5.41 Å². The third-order valence-electron chi connectivity index (χ3n) is 4.05. The summed E-state index contributed by atoms with van der Waals surface area (Å²) >= 11 is 9.50. The summed E-state index contributed by atoms with van der Waals surface area (Å²) in [6, 6.07) is 0. The molecule has 120 valence electrons. The Labute approximate surface area is 146 Å². The van der Waals surface area contributed by atoms with Crippen molar-refractivity contribution >= 4 is 65.1 Å². The number of aliphatic hydroxyl groups is 3. The predicted molar refractivity (Wildman–Crippen MR) is 84.5 cm³/mol. The lowest BCUT2D eigenvalue weighted by Gasteiger charge is -2.59. The smallest absolute Gasteiger partial charge is 0.202 e. The van der Waals surface area contributed by atoms with Crippen LogP contribution in [0.4, 0.5) is 0 Å². The van der Waals surface area contributed by atoms with Crippen LogP contribution in [0.3, 0.4) is 0 Å². The largest absolute Gasteiger partial charge is 0.376 e. The first-order valence-electron chi connectivity index (χ1n) is 5.93. The average Bonchev–Trinajstić information content (AvgIpc) is 2.25. The Kier molecular flexibility index (Phi) is 5.03. The summed E-state index contributed by atoms with van der Waals surface area (Å²) in [4.78, 5) is 35.8. The predicted octanol–water partition coefficient (Wildman–Crippen LogP) is 0.805. The number of carbonyl (C=O) groups excluding carboxylic acids is 3. The van der Waals surface area contributed by atoms with Gasteiger partial charge in [-0.1, -0.05) is 47.8 Å². The molecule has 1 rings (SSSR count). The zero-order valence-electron chi connectivity index (χ0n) is 11.5. The lowest BCUT2D eigenvalue weighted by Crippen LogP contribution is -2.81. The lowest BCUT2D eigenvalue weighted by atomic mass is 9.55. The molecule has 2 unspecified atom stereocenters. The number of ketones is 3. The van der Waals surface area contributed by atoms with E-state index >= 15 is 0 Å². The molecular weight excluding hydrogens is 480 g/mol. The van der Waals surface area contributed by atoms with E-state index in [9.17, 15) is 29.7 Å². The minimum absolute atomic E-state index is 0.498. The van der Waals surface area contributed by atoms with Gasteiger partial charge in [0.2, 0.25) is 5.79 Å². The van der Waals surface area contributed by atoms with E-state index in [0.29, 0.717) is 0 Å². The standard InChI is InChI=1S/C12H15Br3O6/c1-5(16)10(6(2)17)11(21,7(3)18)9(19,20)4-8(13)12(10,14)15/h8,19-21H,4H2,1-3H3. The van der Waals surface area contributed by atoms with Gasteiger partial charge < -0.3 is 15.3 Å². The molecule has 0 bridgehead atoms. The van der Waals surface area contributed by atoms with Gasteiger partial charge in [0.05, 0.1) is 0 Å². The van der Waals surface area contributed by atoms with Gasteiger partial charge >= 0.3 is 0 Å². The van der Waals surface area contributed by atoms with Gasteiger partial charge in [-0.15, -0.1) is 0 Å². The Morgan fingerprint density at radius 3 is 1.62 bits per heavy atom. The molecule has 1 fully saturated rings. The first-order valence-corrected chi connectivity index (χ1v) is 8.43. The Bertz CT molecular complexity index is 501. The molecule has 0 aromatic rings. The number of rotatable bonds is 3. The van der Waals surface area contributed by atoms with Gasteiger partial charge in [0, 0.05) is 11.2 Å². The second-order valence-electron chi connectivity index (χ2n) is 5.24. The van der Waals surface area contributed by atoms with Gasteiger partial charge in [0.25, 0.3) is 0 Å². The topological polar surface area (TPSA) is 112 Å². The molecule has 0 aromatic carbocycles. The minimum atomic E-state index is -3.01. The summed E-state index contributed by atoms with van der Waals surface area (Å²) in [7, 11) is 0. The molecule has 1 aliphatic rings. The summed E-state index contributed by atoms with van der Waals surface area (Å²) in [6.07, 6.45) is -0.498. The number of hydrogen-bond donors (Lipinski definition) is 3. The van der Waals surface area contributed by atoms with Crippen molar-refractivity contribution < 1.29 is 29.7 Å². The van der Waals surface area contributed by atoms with Crippen molar-refractivity contribution in [1.29, 1.82) is 0 Å². The van der Waals surface area contributed by atoms with E-state index in [4.69, 9.17) is 0 Å². The first-order chi connectivity index (χ1) is 9.21. The molecule has 0 heterocycles. The highest BCUT2D eigenvalue weighted by molar-refractivity contribution is 9.26. The van der Waals surface area contributed by atoms with Gasteiger partial charge in [-0.3, -0.25) is 14.4 Å². The fourth-order valence-electron chi connectivity index (χ4n) is 3.07. The number of carbonyl (C=O) groups is 3. The van der Waals surface area contributed by atoms with E-state index in [0.717, 1.165) is 20.8 Å². The molecule has 6 nitrogen and oxygen atoms in total. The van der Waals surface area contributed by atoms with Crippen LogP contribution in [0.15, 0.2) is 0 Å². The zero-order valence-corrected chi connectivity index (χ0v) is 16.2. The third-order valence-corrected chi connectivity index (χ3v) is 8.58. The van der Waals surface area contributed by atoms with Crippen molar-refractivity contribution in [2.45, 2.75) is 46.6 Å². The Hall–Kier alpha value is 0.330. The molecule has 0 spiro atoms. The van der Waals surface area contributed by atoms with Crippen LogP contribution in [0.1, 0.15) is 27.2 Å². The molecule has 2 atom stereocenters. The maximum Gasteiger partial charge on any atom is 0.202 e. The molecule has 0 aliphatic heterocycles. The van der Waals surface area contributed by atoms with Crippen molar-refractivity contribution in [3.63, 3.8) is 0 Å². The van der Waals surface area contributed by atoms with Crippen molar-refractivity contribution in [2.24, 2.45) is 5.41 Å². The SMILES string of the molecule is CC(=O)C1(O)C(O)(O)CC(Br)C(Br)(Br)C1(C(C)=O)C(C)=O. The summed E-state index contributed by atoms with van der Waals surface area (Å²) in [5.41, 5.74) is -5.43. The summed E-state index contributed by atoms with van der Waals surface area (Å²) in [5.74, 6) is -5.81. The third kappa shape index (κ3) is 2.15. The minimum Gasteiger partial charge on any atom is -0.376 e. The quantitative estimate of drug-likeness (QED) is 0.304. The highest BCUT2D eigenvalue weighted by atomic mass is 79.9. The van der Waals surface area contributed by atoms with Crippen molar-refractivity contribution in [3.05, 3.63) is 0 Å². The molecule has 21 heavy (non-hydrogen) atoms. The maximum absolute atomic E-state index is 12.3. The van der Waals surface area contributed by atoms with E-state index in [2.05, 4.69) is 47.8 Å². The van der Waals surface area contributed by atoms with Crippen LogP contribution >= 0.6 is 47.8 Å². The van der Waals surface area contributed by atoms with E-state index in [1.54, 1.807) is 0 Å². The molecular formula is C12H15Br3O6. The summed E-state index contributed by atoms with van der Waals surface area (Å²) in [6.45, 7) is 2.91. The monoisotopic (exact) mass is 492 g/mol. The fraction of sp³-hybridized carbons (Fsp3) is 0.750. The van der Waals surface area contributed by atoms with Crippen LogP contribution in [-0.4, -0.2) is 52.1 Å². The van der Waals surface area contributed by atoms with Gasteiger partial charge in [-0.2, -0.15) is 0 Å². The normalized spacial score (nSPS) is 33.3. The van der Waals surface area contributed by atoms with Crippen molar-refractivity contribution in [3.8, 4) is 0 Å². The first kappa shape index (κ1) is 19.4. The average molecular weight is 495 g/mol. The molecule has 1 saturated carbocycles. The van der Waals surface area contributed by atoms with Crippen molar-refractivity contribution in [2.75, 3.05) is 0 Å². The fourth-order valence-corrected chi connectivity index (χ4v) is 5.88. The van der Waals surface area contributed by atoms with Crippen LogP contribution < -0.4 is 0 Å². The molecule has 0 radical (unpaired) electrons. The number of Topliss-reactive ketones (excluding diaryl/α,β-unsaturated/α-hetero) is 3. The number of alkyl halides is 3. The van der Waals surface area contributed by atoms with Crippen LogP contribution in [0.25, 0.3) is 0 Å². The molecule has 3 N–H and O–H groups in total. The second kappa shape index (κ2) is 5.45. The highest BCUT2D eigenvalue weighted by Crippen LogP contribution is 2.63. The van der Waals surface area contributed by atoms with Crippen LogP contribution in [-0.2, 0) is 14.4 Å². The Balaban J connectivity index is 3.97. The zero-order chi connectivity index (χ0) is 17.0. The summed E-state index contributed by atoms with van der Waals surface area (Å²) < 4.78 is -1.58. The van der Waals surface area contributed by atoms with E-state index < -0.39 is 48.6 Å². The summed E-state index contributed by atoms with van der Waals surface area (Å²) in [5, 5.41) is 31.2. The van der Waals surface area contributed by atoms with E-state index in [-0.39, 0.29) is 0 Å². The van der Waals surface area contributed by atoms with Crippen LogP contribution in [0.5, 0.6) is 0 Å². The molecule has 0 saturated heterocycles. The van der Waals surface area contributed by atoms with Gasteiger partial charge in [-0.05, 0) is 20.8 Å². The van der Waals surface area contributed by atoms with Gasteiger partial charge in [0.1, 0.15) is 14.8 Å². The molecule has 0 aromatic heterocycles. The van der Waals surface area contributed by atoms with Gasteiger partial charge in [-0.25, -0.2) is 0 Å². The molecule has 1 aliphatic carbocycles. The number of halogens is 3. The Morgan fingerprint density at radius 2 is 1.33 bits per heavy atom. The maximum atomic E-state index is 12.3. The Morgan fingerprint density at radius 1 is 0.952 bits per heavy atom. The molecule has 9 heteroatoms. The van der Waals surface area contributed by atoms with Gasteiger partial charge in [0.15, 0.2) is 16.8 Å².